The lowest BCUT2D eigenvalue weighted by Crippen LogP contribution is -2.34. The second-order valence-corrected chi connectivity index (χ2v) is 5.75. The van der Waals surface area contributed by atoms with Gasteiger partial charge in [-0.25, -0.2) is 5.43 Å². The molecule has 0 aliphatic carbocycles. The molecule has 0 aliphatic heterocycles. The van der Waals surface area contributed by atoms with Crippen LogP contribution in [0.1, 0.15) is 15.9 Å². The van der Waals surface area contributed by atoms with Crippen LogP contribution in [0.2, 0.25) is 0 Å². The molecule has 2 amide bonds. The molecule has 2 N–H and O–H groups in total. The van der Waals surface area contributed by atoms with Gasteiger partial charge in [0.15, 0.2) is 0 Å². The maximum Gasteiger partial charge on any atom is 0.270 e. The summed E-state index contributed by atoms with van der Waals surface area (Å²) in [4.78, 5) is 33.7. The van der Waals surface area contributed by atoms with Gasteiger partial charge in [0.2, 0.25) is 0 Å². The van der Waals surface area contributed by atoms with Gasteiger partial charge in [-0.05, 0) is 18.2 Å². The van der Waals surface area contributed by atoms with Crippen molar-refractivity contribution in [3.05, 3.63) is 74.2 Å². The molecule has 0 heterocycles. The number of benzene rings is 2. The minimum atomic E-state index is -0.523. The zero-order valence-electron chi connectivity index (χ0n) is 12.8. The van der Waals surface area contributed by atoms with Crippen LogP contribution >= 0.6 is 15.9 Å². The van der Waals surface area contributed by atoms with Crippen LogP contribution in [0, 0.1) is 10.1 Å². The van der Waals surface area contributed by atoms with Crippen molar-refractivity contribution >= 4 is 39.6 Å². The largest absolute Gasteiger partial charge is 0.343 e. The van der Waals surface area contributed by atoms with Crippen LogP contribution in [0.4, 0.5) is 5.69 Å². The van der Waals surface area contributed by atoms with Crippen LogP contribution in [-0.4, -0.2) is 29.5 Å². The lowest BCUT2D eigenvalue weighted by molar-refractivity contribution is -0.384. The number of nitrogens with zero attached hydrogens (tertiary/aromatic N) is 2. The number of nitro groups is 1. The van der Waals surface area contributed by atoms with Gasteiger partial charge in [-0.1, -0.05) is 34.1 Å². The molecule has 128 valence electrons. The first-order valence-corrected chi connectivity index (χ1v) is 7.85. The predicted molar refractivity (Wildman–Crippen MR) is 95.3 cm³/mol. The number of carbonyl (C=O) groups excluding carboxylic acids is 2. The molecule has 0 fully saturated rings. The summed E-state index contributed by atoms with van der Waals surface area (Å²) in [5.41, 5.74) is 3.05. The first-order chi connectivity index (χ1) is 12.0. The Balaban J connectivity index is 1.83. The van der Waals surface area contributed by atoms with Crippen molar-refractivity contribution in [3.8, 4) is 0 Å². The van der Waals surface area contributed by atoms with E-state index in [2.05, 4.69) is 31.8 Å². The number of amides is 2. The molecule has 25 heavy (non-hydrogen) atoms. The highest BCUT2D eigenvalue weighted by Gasteiger charge is 2.08. The van der Waals surface area contributed by atoms with Crippen molar-refractivity contribution in [1.82, 2.24) is 10.7 Å². The van der Waals surface area contributed by atoms with Gasteiger partial charge in [0.05, 0.1) is 17.7 Å². The lowest BCUT2D eigenvalue weighted by Gasteiger charge is -2.04. The average Bonchev–Trinajstić information content (AvgIpc) is 2.60. The van der Waals surface area contributed by atoms with Gasteiger partial charge in [0.1, 0.15) is 0 Å². The molecule has 0 unspecified atom stereocenters. The molecule has 2 aromatic carbocycles. The Kier molecular flexibility index (Phi) is 6.35. The number of nitrogens with one attached hydrogen (secondary N) is 2. The monoisotopic (exact) mass is 404 g/mol. The number of non-ortho nitro benzene ring substituents is 1. The van der Waals surface area contributed by atoms with E-state index in [0.717, 1.165) is 4.47 Å². The van der Waals surface area contributed by atoms with E-state index in [9.17, 15) is 19.7 Å². The first kappa shape index (κ1) is 18.3. The maximum absolute atomic E-state index is 11.9. The highest BCUT2D eigenvalue weighted by atomic mass is 79.9. The minimum absolute atomic E-state index is 0.0726. The van der Waals surface area contributed by atoms with Crippen molar-refractivity contribution in [2.24, 2.45) is 5.10 Å². The van der Waals surface area contributed by atoms with E-state index in [4.69, 9.17) is 0 Å². The molecule has 0 saturated carbocycles. The molecule has 0 radical (unpaired) electrons. The summed E-state index contributed by atoms with van der Waals surface area (Å²) in [5.74, 6) is -0.913. The number of hydrazone groups is 1. The van der Waals surface area contributed by atoms with Crippen molar-refractivity contribution in [3.63, 3.8) is 0 Å². The Bertz CT molecular complexity index is 838. The smallest absolute Gasteiger partial charge is 0.270 e. The van der Waals surface area contributed by atoms with Gasteiger partial charge >= 0.3 is 0 Å². The molecular formula is C16H13BrN4O4. The molecule has 0 spiro atoms. The molecule has 8 nitrogen and oxygen atoms in total. The quantitative estimate of drug-likeness (QED) is 0.436. The molecule has 0 bridgehead atoms. The summed E-state index contributed by atoms with van der Waals surface area (Å²) < 4.78 is 0.756. The van der Waals surface area contributed by atoms with E-state index < -0.39 is 10.8 Å². The zero-order chi connectivity index (χ0) is 18.2. The van der Waals surface area contributed by atoms with Crippen molar-refractivity contribution < 1.29 is 14.5 Å². The Labute approximate surface area is 151 Å². The molecule has 0 aromatic heterocycles. The molecule has 0 saturated heterocycles. The number of rotatable bonds is 6. The van der Waals surface area contributed by atoms with E-state index in [1.807, 2.05) is 0 Å². The van der Waals surface area contributed by atoms with E-state index in [1.165, 1.54) is 24.4 Å². The normalized spacial score (nSPS) is 10.4. The van der Waals surface area contributed by atoms with Gasteiger partial charge in [-0.15, -0.1) is 0 Å². The van der Waals surface area contributed by atoms with Crippen LogP contribution in [-0.2, 0) is 4.79 Å². The van der Waals surface area contributed by atoms with E-state index in [0.29, 0.717) is 11.1 Å². The highest BCUT2D eigenvalue weighted by molar-refractivity contribution is 9.10. The molecule has 2 aromatic rings. The number of hydrogen-bond acceptors (Lipinski definition) is 5. The minimum Gasteiger partial charge on any atom is -0.343 e. The Morgan fingerprint density at radius 3 is 2.68 bits per heavy atom. The summed E-state index contributed by atoms with van der Waals surface area (Å²) in [7, 11) is 0. The standard InChI is InChI=1S/C16H13BrN4O4/c17-13-5-2-4-12(8-13)16(23)18-10-15(22)20-19-9-11-3-1-6-14(7-11)21(24)25/h1-9H,10H2,(H,18,23)(H,20,22). The summed E-state index contributed by atoms with van der Waals surface area (Å²) in [6.45, 7) is -0.252. The van der Waals surface area contributed by atoms with E-state index in [1.54, 1.807) is 30.3 Å². The van der Waals surface area contributed by atoms with Crippen molar-refractivity contribution in [2.75, 3.05) is 6.54 Å². The topological polar surface area (TPSA) is 114 Å². The zero-order valence-corrected chi connectivity index (χ0v) is 14.4. The van der Waals surface area contributed by atoms with E-state index >= 15 is 0 Å². The third kappa shape index (κ3) is 5.81. The molecule has 9 heteroatoms. The Morgan fingerprint density at radius 2 is 1.96 bits per heavy atom. The third-order valence-corrected chi connectivity index (χ3v) is 3.47. The summed E-state index contributed by atoms with van der Waals surface area (Å²) in [5, 5.41) is 16.8. The summed E-state index contributed by atoms with van der Waals surface area (Å²) >= 11 is 3.26. The number of carbonyl (C=O) groups is 2. The average molecular weight is 405 g/mol. The summed E-state index contributed by atoms with van der Waals surface area (Å²) in [6, 6.07) is 12.6. The van der Waals surface area contributed by atoms with E-state index in [-0.39, 0.29) is 18.1 Å². The van der Waals surface area contributed by atoms with Crippen molar-refractivity contribution in [2.45, 2.75) is 0 Å². The number of hydrogen-bond donors (Lipinski definition) is 2. The van der Waals surface area contributed by atoms with Crippen LogP contribution in [0.15, 0.2) is 58.1 Å². The maximum atomic E-state index is 11.9. The third-order valence-electron chi connectivity index (χ3n) is 2.98. The fraction of sp³-hybridized carbons (Fsp3) is 0.0625. The van der Waals surface area contributed by atoms with Crippen molar-refractivity contribution in [1.29, 1.82) is 0 Å². The number of nitro benzene ring substituents is 1. The second kappa shape index (κ2) is 8.69. The fourth-order valence-electron chi connectivity index (χ4n) is 1.83. The van der Waals surface area contributed by atoms with Crippen LogP contribution in [0.5, 0.6) is 0 Å². The van der Waals surface area contributed by atoms with Gasteiger partial charge in [-0.2, -0.15) is 5.10 Å². The van der Waals surface area contributed by atoms with Gasteiger partial charge in [0, 0.05) is 27.7 Å². The predicted octanol–water partition coefficient (Wildman–Crippen LogP) is 2.24. The van der Waals surface area contributed by atoms with Crippen LogP contribution in [0.25, 0.3) is 0 Å². The lowest BCUT2D eigenvalue weighted by atomic mass is 10.2. The first-order valence-electron chi connectivity index (χ1n) is 7.06. The van der Waals surface area contributed by atoms with Gasteiger partial charge in [0.25, 0.3) is 17.5 Å². The van der Waals surface area contributed by atoms with Crippen LogP contribution in [0.3, 0.4) is 0 Å². The highest BCUT2D eigenvalue weighted by Crippen LogP contribution is 2.12. The SMILES string of the molecule is O=C(CNC(=O)c1cccc(Br)c1)NN=Cc1cccc([N+](=O)[O-])c1. The second-order valence-electron chi connectivity index (χ2n) is 4.84. The number of halogens is 1. The summed E-state index contributed by atoms with van der Waals surface area (Å²) in [6.07, 6.45) is 1.28. The van der Waals surface area contributed by atoms with Gasteiger partial charge < -0.3 is 5.32 Å². The Morgan fingerprint density at radius 1 is 1.20 bits per heavy atom. The van der Waals surface area contributed by atoms with Crippen LogP contribution < -0.4 is 10.7 Å². The molecule has 2 rings (SSSR count). The molecular weight excluding hydrogens is 392 g/mol. The molecule has 0 aliphatic rings. The molecule has 0 atom stereocenters. The fourth-order valence-corrected chi connectivity index (χ4v) is 2.23. The Hall–Kier alpha value is -3.07. The van der Waals surface area contributed by atoms with Gasteiger partial charge in [-0.3, -0.25) is 19.7 Å².